The van der Waals surface area contributed by atoms with Crippen LogP contribution < -0.4 is 5.73 Å². The summed E-state index contributed by atoms with van der Waals surface area (Å²) < 4.78 is 0. The number of guanidine groups is 1. The van der Waals surface area contributed by atoms with Gasteiger partial charge in [-0.15, -0.1) is 0 Å². The minimum Gasteiger partial charge on any atom is -0.370 e. The fourth-order valence-electron chi connectivity index (χ4n) is 1.96. The van der Waals surface area contributed by atoms with Crippen LogP contribution in [0.4, 0.5) is 0 Å². The topological polar surface area (TPSA) is 53.1 Å². The molecule has 0 unspecified atom stereocenters. The summed E-state index contributed by atoms with van der Waals surface area (Å²) in [4.78, 5) is 1.81. The molecule has 0 aliphatic carbocycles. The lowest BCUT2D eigenvalue weighted by molar-refractivity contribution is 0.458. The van der Waals surface area contributed by atoms with E-state index >= 15 is 0 Å². The lowest BCUT2D eigenvalue weighted by Gasteiger charge is -2.15. The van der Waals surface area contributed by atoms with Crippen LogP contribution in [0, 0.1) is 5.41 Å². The summed E-state index contributed by atoms with van der Waals surface area (Å²) in [6, 6.07) is 0. The van der Waals surface area contributed by atoms with Crippen molar-refractivity contribution in [1.29, 1.82) is 5.41 Å². The Morgan fingerprint density at radius 2 is 1.29 bits per heavy atom. The second-order valence-electron chi connectivity index (χ2n) is 4.99. The van der Waals surface area contributed by atoms with Gasteiger partial charge in [-0.1, -0.05) is 64.7 Å². The van der Waals surface area contributed by atoms with Crippen LogP contribution in [-0.2, 0) is 0 Å². The predicted octanol–water partition coefficient (Wildman–Crippen LogP) is 3.73. The third kappa shape index (κ3) is 11.5. The molecule has 0 aromatic rings. The summed E-state index contributed by atoms with van der Waals surface area (Å²) in [5.41, 5.74) is 5.37. The van der Waals surface area contributed by atoms with Gasteiger partial charge in [0.2, 0.25) is 0 Å². The third-order valence-electron chi connectivity index (χ3n) is 3.26. The Morgan fingerprint density at radius 1 is 0.882 bits per heavy atom. The summed E-state index contributed by atoms with van der Waals surface area (Å²) in [6.07, 6.45) is 13.5. The molecule has 0 spiro atoms. The second kappa shape index (κ2) is 11.7. The highest BCUT2D eigenvalue weighted by Crippen LogP contribution is 2.10. The molecule has 0 saturated heterocycles. The number of rotatable bonds is 11. The molecule has 17 heavy (non-hydrogen) atoms. The Bertz CT molecular complexity index is 180. The van der Waals surface area contributed by atoms with E-state index in [1.165, 1.54) is 57.8 Å². The monoisotopic (exact) mass is 241 g/mol. The zero-order valence-corrected chi connectivity index (χ0v) is 11.8. The van der Waals surface area contributed by atoms with Gasteiger partial charge in [0.25, 0.3) is 0 Å². The molecule has 3 heteroatoms. The van der Waals surface area contributed by atoms with E-state index in [0.717, 1.165) is 13.0 Å². The van der Waals surface area contributed by atoms with Crippen molar-refractivity contribution in [2.75, 3.05) is 13.6 Å². The second-order valence-corrected chi connectivity index (χ2v) is 4.99. The summed E-state index contributed by atoms with van der Waals surface area (Å²) in [5, 5.41) is 7.23. The molecule has 0 aliphatic rings. The van der Waals surface area contributed by atoms with Crippen LogP contribution in [0.3, 0.4) is 0 Å². The Morgan fingerprint density at radius 3 is 1.71 bits per heavy atom. The van der Waals surface area contributed by atoms with E-state index in [4.69, 9.17) is 11.1 Å². The fourth-order valence-corrected chi connectivity index (χ4v) is 1.96. The molecular formula is C14H31N3. The van der Waals surface area contributed by atoms with Crippen LogP contribution in [0.5, 0.6) is 0 Å². The van der Waals surface area contributed by atoms with Gasteiger partial charge >= 0.3 is 0 Å². The van der Waals surface area contributed by atoms with Gasteiger partial charge in [-0.2, -0.15) is 0 Å². The molecule has 0 aromatic carbocycles. The molecule has 0 bridgehead atoms. The standard InChI is InChI=1S/C14H31N3/c1-3-4-5-6-7-8-9-10-11-12-13-17(2)14(15)16/h3-13H2,1-2H3,(H3,15,16). The summed E-state index contributed by atoms with van der Waals surface area (Å²) in [7, 11) is 1.88. The van der Waals surface area contributed by atoms with Gasteiger partial charge < -0.3 is 10.6 Å². The van der Waals surface area contributed by atoms with Crippen LogP contribution in [-0.4, -0.2) is 24.5 Å². The average molecular weight is 241 g/mol. The minimum absolute atomic E-state index is 0.181. The van der Waals surface area contributed by atoms with Crippen molar-refractivity contribution in [3.8, 4) is 0 Å². The Labute approximate surface area is 107 Å². The molecule has 0 radical (unpaired) electrons. The maximum Gasteiger partial charge on any atom is 0.188 e. The van der Waals surface area contributed by atoms with E-state index in [0.29, 0.717) is 0 Å². The van der Waals surface area contributed by atoms with Crippen molar-refractivity contribution in [2.24, 2.45) is 5.73 Å². The van der Waals surface area contributed by atoms with E-state index in [1.807, 2.05) is 11.9 Å². The number of hydrogen-bond donors (Lipinski definition) is 2. The van der Waals surface area contributed by atoms with Gasteiger partial charge in [0.15, 0.2) is 5.96 Å². The Kier molecular flexibility index (Phi) is 11.2. The van der Waals surface area contributed by atoms with Gasteiger partial charge in [0.05, 0.1) is 0 Å². The molecule has 0 fully saturated rings. The van der Waals surface area contributed by atoms with Crippen LogP contribution in [0.2, 0.25) is 0 Å². The van der Waals surface area contributed by atoms with E-state index in [2.05, 4.69) is 6.92 Å². The summed E-state index contributed by atoms with van der Waals surface area (Å²) in [6.45, 7) is 3.18. The smallest absolute Gasteiger partial charge is 0.188 e. The van der Waals surface area contributed by atoms with Crippen LogP contribution in [0.1, 0.15) is 71.1 Å². The number of unbranched alkanes of at least 4 members (excludes halogenated alkanes) is 9. The zero-order chi connectivity index (χ0) is 12.9. The molecule has 0 heterocycles. The lowest BCUT2D eigenvalue weighted by atomic mass is 10.1. The largest absolute Gasteiger partial charge is 0.370 e. The highest BCUT2D eigenvalue weighted by Gasteiger charge is 1.98. The first-order valence-electron chi connectivity index (χ1n) is 7.23. The Balaban J connectivity index is 3.06. The van der Waals surface area contributed by atoms with Gasteiger partial charge in [-0.3, -0.25) is 5.41 Å². The fraction of sp³-hybridized carbons (Fsp3) is 0.929. The first-order valence-corrected chi connectivity index (χ1v) is 7.23. The van der Waals surface area contributed by atoms with Gasteiger partial charge in [0, 0.05) is 13.6 Å². The third-order valence-corrected chi connectivity index (χ3v) is 3.26. The van der Waals surface area contributed by atoms with Crippen molar-refractivity contribution in [3.63, 3.8) is 0 Å². The number of nitrogens with zero attached hydrogens (tertiary/aromatic N) is 1. The molecular weight excluding hydrogens is 210 g/mol. The SMILES string of the molecule is CCCCCCCCCCCCN(C)C(=N)N. The maximum atomic E-state index is 7.23. The first kappa shape index (κ1) is 16.3. The van der Waals surface area contributed by atoms with Crippen LogP contribution in [0.25, 0.3) is 0 Å². The van der Waals surface area contributed by atoms with Crippen molar-refractivity contribution >= 4 is 5.96 Å². The highest BCUT2D eigenvalue weighted by atomic mass is 15.2. The van der Waals surface area contributed by atoms with Crippen molar-refractivity contribution in [1.82, 2.24) is 4.90 Å². The molecule has 0 atom stereocenters. The zero-order valence-electron chi connectivity index (χ0n) is 11.8. The predicted molar refractivity (Wildman–Crippen MR) is 76.4 cm³/mol. The van der Waals surface area contributed by atoms with Gasteiger partial charge in [-0.25, -0.2) is 0 Å². The highest BCUT2D eigenvalue weighted by molar-refractivity contribution is 5.74. The van der Waals surface area contributed by atoms with Crippen molar-refractivity contribution in [3.05, 3.63) is 0 Å². The molecule has 0 saturated carbocycles. The van der Waals surface area contributed by atoms with Gasteiger partial charge in [-0.05, 0) is 6.42 Å². The quantitative estimate of drug-likeness (QED) is 0.329. The normalized spacial score (nSPS) is 10.5. The lowest BCUT2D eigenvalue weighted by Crippen LogP contribution is -2.33. The molecule has 0 aliphatic heterocycles. The van der Waals surface area contributed by atoms with E-state index < -0.39 is 0 Å². The van der Waals surface area contributed by atoms with Crippen LogP contribution in [0.15, 0.2) is 0 Å². The molecule has 102 valence electrons. The summed E-state index contributed by atoms with van der Waals surface area (Å²) in [5.74, 6) is 0.181. The maximum absolute atomic E-state index is 7.23. The van der Waals surface area contributed by atoms with E-state index in [9.17, 15) is 0 Å². The molecule has 0 aromatic heterocycles. The molecule has 3 N–H and O–H groups in total. The first-order chi connectivity index (χ1) is 8.18. The number of hydrogen-bond acceptors (Lipinski definition) is 1. The Hall–Kier alpha value is -0.730. The number of nitrogens with two attached hydrogens (primary N) is 1. The molecule has 0 rings (SSSR count). The van der Waals surface area contributed by atoms with E-state index in [-0.39, 0.29) is 5.96 Å². The van der Waals surface area contributed by atoms with E-state index in [1.54, 1.807) is 0 Å². The molecule has 3 nitrogen and oxygen atoms in total. The van der Waals surface area contributed by atoms with Crippen LogP contribution >= 0.6 is 0 Å². The van der Waals surface area contributed by atoms with Crippen molar-refractivity contribution < 1.29 is 0 Å². The average Bonchev–Trinajstić information content (AvgIpc) is 2.31. The minimum atomic E-state index is 0.181. The molecule has 0 amide bonds. The number of nitrogens with one attached hydrogen (secondary N) is 1. The van der Waals surface area contributed by atoms with Gasteiger partial charge in [0.1, 0.15) is 0 Å². The van der Waals surface area contributed by atoms with Crippen molar-refractivity contribution in [2.45, 2.75) is 71.1 Å². The summed E-state index contributed by atoms with van der Waals surface area (Å²) >= 11 is 0.